The zero-order valence-electron chi connectivity index (χ0n) is 13.1. The number of ether oxygens (including phenoxy) is 1. The van der Waals surface area contributed by atoms with Crippen molar-refractivity contribution in [2.75, 3.05) is 7.11 Å². The molecule has 116 valence electrons. The number of carbonyl (C=O) groups is 2. The normalized spacial score (nSPS) is 12.2. The van der Waals surface area contributed by atoms with Gasteiger partial charge in [-0.2, -0.15) is 0 Å². The summed E-state index contributed by atoms with van der Waals surface area (Å²) in [5, 5.41) is 4.92. The number of esters is 1. The highest BCUT2D eigenvalue weighted by molar-refractivity contribution is 5.91. The van der Waals surface area contributed by atoms with Crippen LogP contribution in [0.2, 0.25) is 0 Å². The number of methoxy groups -OCH3 is 1. The molecule has 0 aliphatic rings. The summed E-state index contributed by atoms with van der Waals surface area (Å²) < 4.78 is 4.74. The Morgan fingerprint density at radius 3 is 2.45 bits per heavy atom. The molecule has 0 bridgehead atoms. The van der Waals surface area contributed by atoms with Gasteiger partial charge in [0.05, 0.1) is 13.5 Å². The van der Waals surface area contributed by atoms with Crippen LogP contribution in [0.15, 0.2) is 42.5 Å². The molecule has 1 unspecified atom stereocenters. The zero-order chi connectivity index (χ0) is 16.1. The van der Waals surface area contributed by atoms with E-state index in [4.69, 9.17) is 4.74 Å². The van der Waals surface area contributed by atoms with E-state index in [0.29, 0.717) is 0 Å². The van der Waals surface area contributed by atoms with Gasteiger partial charge in [-0.15, -0.1) is 0 Å². The van der Waals surface area contributed by atoms with E-state index in [-0.39, 0.29) is 18.2 Å². The molecule has 0 radical (unpaired) electrons. The molecular weight excluding hydrogens is 278 g/mol. The van der Waals surface area contributed by atoms with Crippen LogP contribution in [0, 0.1) is 5.92 Å². The topological polar surface area (TPSA) is 55.4 Å². The lowest BCUT2D eigenvalue weighted by Crippen LogP contribution is -2.45. The van der Waals surface area contributed by atoms with Gasteiger partial charge in [-0.05, 0) is 22.3 Å². The van der Waals surface area contributed by atoms with Crippen LogP contribution < -0.4 is 5.32 Å². The van der Waals surface area contributed by atoms with Gasteiger partial charge in [-0.1, -0.05) is 56.3 Å². The summed E-state index contributed by atoms with van der Waals surface area (Å²) in [5.41, 5.74) is 0.947. The first-order chi connectivity index (χ1) is 10.5. The average Bonchev–Trinajstić information content (AvgIpc) is 2.52. The van der Waals surface area contributed by atoms with Crippen molar-refractivity contribution in [2.45, 2.75) is 26.3 Å². The number of nitrogens with one attached hydrogen (secondary N) is 1. The van der Waals surface area contributed by atoms with Crippen LogP contribution in [0.3, 0.4) is 0 Å². The van der Waals surface area contributed by atoms with Crippen molar-refractivity contribution >= 4 is 22.6 Å². The minimum absolute atomic E-state index is 0.0242. The first-order valence-corrected chi connectivity index (χ1v) is 7.36. The second kappa shape index (κ2) is 7.07. The SMILES string of the molecule is COC(=O)C(NC(=O)Cc1cccc2ccccc12)C(C)C. The van der Waals surface area contributed by atoms with Gasteiger partial charge >= 0.3 is 5.97 Å². The minimum atomic E-state index is -0.618. The second-order valence-electron chi connectivity index (χ2n) is 5.63. The molecular formula is C18H21NO3. The predicted octanol–water partition coefficient (Wildman–Crippen LogP) is 2.70. The number of rotatable bonds is 5. The maximum absolute atomic E-state index is 12.3. The lowest BCUT2D eigenvalue weighted by molar-refractivity contribution is -0.146. The minimum Gasteiger partial charge on any atom is -0.467 e. The monoisotopic (exact) mass is 299 g/mol. The molecule has 0 spiro atoms. The van der Waals surface area contributed by atoms with Crippen molar-refractivity contribution in [1.29, 1.82) is 0 Å². The summed E-state index contributed by atoms with van der Waals surface area (Å²) >= 11 is 0. The van der Waals surface area contributed by atoms with E-state index in [9.17, 15) is 9.59 Å². The molecule has 0 aliphatic heterocycles. The summed E-state index contributed by atoms with van der Waals surface area (Å²) in [6.07, 6.45) is 0.238. The Morgan fingerprint density at radius 2 is 1.77 bits per heavy atom. The Hall–Kier alpha value is -2.36. The van der Waals surface area contributed by atoms with Crippen LogP contribution in [0.4, 0.5) is 0 Å². The number of benzene rings is 2. The van der Waals surface area contributed by atoms with Crippen LogP contribution in [-0.4, -0.2) is 25.0 Å². The third-order valence-electron chi connectivity index (χ3n) is 3.67. The van der Waals surface area contributed by atoms with Crippen molar-refractivity contribution in [3.05, 3.63) is 48.0 Å². The van der Waals surface area contributed by atoms with Crippen molar-refractivity contribution in [2.24, 2.45) is 5.92 Å². The summed E-state index contributed by atoms with van der Waals surface area (Å²) in [6, 6.07) is 13.2. The molecule has 4 heteroatoms. The van der Waals surface area contributed by atoms with Gasteiger partial charge in [0.15, 0.2) is 0 Å². The Morgan fingerprint density at radius 1 is 1.09 bits per heavy atom. The maximum atomic E-state index is 12.3. The Kier molecular flexibility index (Phi) is 5.15. The number of hydrogen-bond acceptors (Lipinski definition) is 3. The first-order valence-electron chi connectivity index (χ1n) is 7.36. The molecule has 1 amide bonds. The molecule has 2 aromatic carbocycles. The van der Waals surface area contributed by atoms with E-state index in [1.54, 1.807) is 0 Å². The summed E-state index contributed by atoms with van der Waals surface area (Å²) in [5.74, 6) is -0.620. The molecule has 0 saturated carbocycles. The fraction of sp³-hybridized carbons (Fsp3) is 0.333. The fourth-order valence-corrected chi connectivity index (χ4v) is 2.47. The lowest BCUT2D eigenvalue weighted by Gasteiger charge is -2.20. The predicted molar refractivity (Wildman–Crippen MR) is 86.4 cm³/mol. The van der Waals surface area contributed by atoms with Gasteiger partial charge in [0.2, 0.25) is 5.91 Å². The highest BCUT2D eigenvalue weighted by Crippen LogP contribution is 2.19. The lowest BCUT2D eigenvalue weighted by atomic mass is 10.0. The van der Waals surface area contributed by atoms with Crippen molar-refractivity contribution in [1.82, 2.24) is 5.32 Å². The van der Waals surface area contributed by atoms with E-state index in [0.717, 1.165) is 16.3 Å². The Labute approximate surface area is 130 Å². The van der Waals surface area contributed by atoms with Gasteiger partial charge < -0.3 is 10.1 Å². The van der Waals surface area contributed by atoms with Crippen molar-refractivity contribution in [3.63, 3.8) is 0 Å². The van der Waals surface area contributed by atoms with Gasteiger partial charge in [0.1, 0.15) is 6.04 Å². The van der Waals surface area contributed by atoms with Crippen LogP contribution in [0.1, 0.15) is 19.4 Å². The van der Waals surface area contributed by atoms with E-state index in [2.05, 4.69) is 5.32 Å². The third kappa shape index (κ3) is 3.64. The molecule has 22 heavy (non-hydrogen) atoms. The second-order valence-corrected chi connectivity index (χ2v) is 5.63. The van der Waals surface area contributed by atoms with E-state index in [1.165, 1.54) is 7.11 Å². The Balaban J connectivity index is 2.15. The standard InChI is InChI=1S/C18H21NO3/c1-12(2)17(18(21)22-3)19-16(20)11-14-9-6-8-13-7-4-5-10-15(13)14/h4-10,12,17H,11H2,1-3H3,(H,19,20). The van der Waals surface area contributed by atoms with Crippen LogP contribution >= 0.6 is 0 Å². The Bertz CT molecular complexity index is 674. The van der Waals surface area contributed by atoms with Gasteiger partial charge in [-0.25, -0.2) is 4.79 Å². The van der Waals surface area contributed by atoms with Crippen LogP contribution in [0.5, 0.6) is 0 Å². The quantitative estimate of drug-likeness (QED) is 0.864. The largest absolute Gasteiger partial charge is 0.467 e. The molecule has 0 heterocycles. The molecule has 0 saturated heterocycles. The molecule has 2 aromatic rings. The molecule has 4 nitrogen and oxygen atoms in total. The van der Waals surface area contributed by atoms with Gasteiger partial charge in [0, 0.05) is 0 Å². The summed E-state index contributed by atoms with van der Waals surface area (Å²) in [7, 11) is 1.33. The van der Waals surface area contributed by atoms with Crippen molar-refractivity contribution in [3.8, 4) is 0 Å². The van der Waals surface area contributed by atoms with Crippen LogP contribution in [0.25, 0.3) is 10.8 Å². The third-order valence-corrected chi connectivity index (χ3v) is 3.67. The van der Waals surface area contributed by atoms with E-state index >= 15 is 0 Å². The highest BCUT2D eigenvalue weighted by atomic mass is 16.5. The van der Waals surface area contributed by atoms with E-state index < -0.39 is 12.0 Å². The number of amides is 1. The molecule has 0 aromatic heterocycles. The maximum Gasteiger partial charge on any atom is 0.328 e. The molecule has 1 N–H and O–H groups in total. The van der Waals surface area contributed by atoms with Gasteiger partial charge in [0.25, 0.3) is 0 Å². The molecule has 2 rings (SSSR count). The summed E-state index contributed by atoms with van der Waals surface area (Å²) in [6.45, 7) is 3.75. The number of hydrogen-bond donors (Lipinski definition) is 1. The molecule has 0 aliphatic carbocycles. The molecule has 0 fully saturated rings. The fourth-order valence-electron chi connectivity index (χ4n) is 2.47. The van der Waals surface area contributed by atoms with Crippen molar-refractivity contribution < 1.29 is 14.3 Å². The average molecular weight is 299 g/mol. The number of fused-ring (bicyclic) bond motifs is 1. The van der Waals surface area contributed by atoms with E-state index in [1.807, 2.05) is 56.3 Å². The van der Waals surface area contributed by atoms with Gasteiger partial charge in [-0.3, -0.25) is 4.79 Å². The number of carbonyl (C=O) groups excluding carboxylic acids is 2. The van der Waals surface area contributed by atoms with Crippen LogP contribution in [-0.2, 0) is 20.7 Å². The summed E-state index contributed by atoms with van der Waals surface area (Å²) in [4.78, 5) is 24.0. The zero-order valence-corrected chi connectivity index (χ0v) is 13.1. The molecule has 1 atom stereocenters. The first kappa shape index (κ1) is 16.0. The highest BCUT2D eigenvalue weighted by Gasteiger charge is 2.24. The smallest absolute Gasteiger partial charge is 0.328 e.